The molecule has 2 aliphatic rings. The Hall–Kier alpha value is -2.04. The number of hydrogen-bond acceptors (Lipinski definition) is 5. The Morgan fingerprint density at radius 3 is 2.74 bits per heavy atom. The Balaban J connectivity index is 1.40. The zero-order valence-corrected chi connectivity index (χ0v) is 15.8. The first-order chi connectivity index (χ1) is 12.8. The van der Waals surface area contributed by atoms with Crippen LogP contribution in [0.1, 0.15) is 24.6 Å². The minimum absolute atomic E-state index is 0.0424. The van der Waals surface area contributed by atoms with Crippen LogP contribution in [0.2, 0.25) is 5.02 Å². The van der Waals surface area contributed by atoms with E-state index in [1.165, 1.54) is 10.4 Å². The van der Waals surface area contributed by atoms with Crippen molar-refractivity contribution in [2.24, 2.45) is 0 Å². The normalized spacial score (nSPS) is 18.9. The van der Waals surface area contributed by atoms with E-state index in [1.54, 1.807) is 15.8 Å². The number of nitrogens with zero attached hydrogens (tertiary/aromatic N) is 5. The molecule has 0 radical (unpaired) electrons. The number of sulfonamides is 1. The second-order valence-electron chi connectivity index (χ2n) is 6.66. The summed E-state index contributed by atoms with van der Waals surface area (Å²) >= 11 is 5.68. The van der Waals surface area contributed by atoms with E-state index in [4.69, 9.17) is 11.6 Å². The summed E-state index contributed by atoms with van der Waals surface area (Å²) in [5.41, 5.74) is 0.678. The molecular formula is C16H17ClFN5O3S. The van der Waals surface area contributed by atoms with Crippen LogP contribution in [0.25, 0.3) is 0 Å². The highest BCUT2D eigenvalue weighted by Crippen LogP contribution is 2.29. The molecule has 0 saturated carbocycles. The predicted molar refractivity (Wildman–Crippen MR) is 93.9 cm³/mol. The van der Waals surface area contributed by atoms with Crippen molar-refractivity contribution in [1.29, 1.82) is 0 Å². The van der Waals surface area contributed by atoms with Gasteiger partial charge in [0.1, 0.15) is 11.5 Å². The van der Waals surface area contributed by atoms with Gasteiger partial charge in [0, 0.05) is 26.1 Å². The Morgan fingerprint density at radius 2 is 2.07 bits per heavy atom. The zero-order valence-electron chi connectivity index (χ0n) is 14.3. The summed E-state index contributed by atoms with van der Waals surface area (Å²) in [7, 11) is -3.73. The first-order valence-electron chi connectivity index (χ1n) is 8.48. The number of rotatable bonds is 5. The molecule has 4 rings (SSSR count). The smallest absolute Gasteiger partial charge is 0.243 e. The molecule has 2 aromatic rings. The molecule has 2 saturated heterocycles. The molecule has 144 valence electrons. The van der Waals surface area contributed by atoms with Gasteiger partial charge in [0.05, 0.1) is 28.7 Å². The molecule has 1 amide bonds. The van der Waals surface area contributed by atoms with Gasteiger partial charge in [-0.15, -0.1) is 5.10 Å². The van der Waals surface area contributed by atoms with Gasteiger partial charge in [0.2, 0.25) is 15.9 Å². The maximum atomic E-state index is 13.3. The van der Waals surface area contributed by atoms with Crippen molar-refractivity contribution in [3.05, 3.63) is 40.9 Å². The van der Waals surface area contributed by atoms with Crippen LogP contribution in [-0.2, 0) is 21.4 Å². The lowest BCUT2D eigenvalue weighted by Gasteiger charge is -2.37. The maximum Gasteiger partial charge on any atom is 0.243 e. The largest absolute Gasteiger partial charge is 0.337 e. The molecule has 3 heterocycles. The first kappa shape index (κ1) is 18.3. The van der Waals surface area contributed by atoms with Crippen molar-refractivity contribution in [2.45, 2.75) is 30.3 Å². The van der Waals surface area contributed by atoms with E-state index in [2.05, 4.69) is 10.3 Å². The van der Waals surface area contributed by atoms with Crippen molar-refractivity contribution >= 4 is 27.5 Å². The lowest BCUT2D eigenvalue weighted by atomic mass is 10.2. The summed E-state index contributed by atoms with van der Waals surface area (Å²) in [5.74, 6) is -0.549. The first-order valence-corrected chi connectivity index (χ1v) is 10.3. The number of aromatic nitrogens is 3. The third kappa shape index (κ3) is 3.44. The van der Waals surface area contributed by atoms with E-state index in [1.807, 2.05) is 0 Å². The van der Waals surface area contributed by atoms with Crippen LogP contribution in [0, 0.1) is 5.82 Å². The molecule has 27 heavy (non-hydrogen) atoms. The molecule has 1 aromatic carbocycles. The van der Waals surface area contributed by atoms with Gasteiger partial charge in [0.25, 0.3) is 0 Å². The third-order valence-corrected chi connectivity index (χ3v) is 6.93. The molecule has 1 aromatic heterocycles. The van der Waals surface area contributed by atoms with E-state index in [-0.39, 0.29) is 35.0 Å². The van der Waals surface area contributed by atoms with Gasteiger partial charge in [-0.1, -0.05) is 16.8 Å². The summed E-state index contributed by atoms with van der Waals surface area (Å²) < 4.78 is 41.3. The molecule has 0 N–H and O–H groups in total. The van der Waals surface area contributed by atoms with Crippen LogP contribution in [0.4, 0.5) is 4.39 Å². The minimum Gasteiger partial charge on any atom is -0.337 e. The van der Waals surface area contributed by atoms with Crippen LogP contribution >= 0.6 is 11.6 Å². The minimum atomic E-state index is -3.73. The van der Waals surface area contributed by atoms with Crippen LogP contribution < -0.4 is 0 Å². The fraction of sp³-hybridized carbons (Fsp3) is 0.438. The lowest BCUT2D eigenvalue weighted by molar-refractivity contribution is -0.128. The summed E-state index contributed by atoms with van der Waals surface area (Å²) in [4.78, 5) is 13.4. The van der Waals surface area contributed by atoms with Gasteiger partial charge in [0.15, 0.2) is 0 Å². The van der Waals surface area contributed by atoms with E-state index in [0.29, 0.717) is 18.7 Å². The van der Waals surface area contributed by atoms with Gasteiger partial charge in [-0.25, -0.2) is 17.5 Å². The molecule has 0 atom stereocenters. The van der Waals surface area contributed by atoms with Gasteiger partial charge in [-0.05, 0) is 24.6 Å². The van der Waals surface area contributed by atoms with Crippen molar-refractivity contribution in [3.63, 3.8) is 0 Å². The fourth-order valence-corrected chi connectivity index (χ4v) is 4.98. The van der Waals surface area contributed by atoms with E-state index >= 15 is 0 Å². The molecule has 2 aliphatic heterocycles. The molecule has 0 spiro atoms. The summed E-state index contributed by atoms with van der Waals surface area (Å²) in [6, 6.07) is 3.21. The Morgan fingerprint density at radius 1 is 1.30 bits per heavy atom. The van der Waals surface area contributed by atoms with Crippen molar-refractivity contribution in [1.82, 2.24) is 24.2 Å². The maximum absolute atomic E-state index is 13.3. The number of likely N-dealkylation sites (tertiary alicyclic amines) is 1. The number of carbonyl (C=O) groups is 1. The number of carbonyl (C=O) groups excluding carboxylic acids is 1. The number of amides is 1. The average Bonchev–Trinajstić information content (AvgIpc) is 3.18. The highest BCUT2D eigenvalue weighted by Gasteiger charge is 2.38. The molecule has 11 heteroatoms. The molecule has 0 aliphatic carbocycles. The summed E-state index contributed by atoms with van der Waals surface area (Å²) in [6.07, 6.45) is 3.17. The lowest BCUT2D eigenvalue weighted by Crippen LogP contribution is -2.50. The van der Waals surface area contributed by atoms with Crippen molar-refractivity contribution < 1.29 is 17.6 Å². The number of halogens is 2. The van der Waals surface area contributed by atoms with E-state index in [0.717, 1.165) is 25.1 Å². The van der Waals surface area contributed by atoms with Gasteiger partial charge >= 0.3 is 0 Å². The molecular weight excluding hydrogens is 397 g/mol. The predicted octanol–water partition coefficient (Wildman–Crippen LogP) is 1.44. The van der Waals surface area contributed by atoms with Crippen LogP contribution in [0.15, 0.2) is 29.3 Å². The average molecular weight is 414 g/mol. The highest BCUT2D eigenvalue weighted by molar-refractivity contribution is 7.89. The number of hydrogen-bond donors (Lipinski definition) is 0. The SMILES string of the molecule is O=C1CCCN1Cc1cn(C2CN(S(=O)(=O)c3ccc(F)c(Cl)c3)C2)nn1. The van der Waals surface area contributed by atoms with Crippen LogP contribution in [0.3, 0.4) is 0 Å². The quantitative estimate of drug-likeness (QED) is 0.740. The zero-order chi connectivity index (χ0) is 19.2. The van der Waals surface area contributed by atoms with E-state index in [9.17, 15) is 17.6 Å². The van der Waals surface area contributed by atoms with Gasteiger partial charge in [-0.2, -0.15) is 4.31 Å². The van der Waals surface area contributed by atoms with Gasteiger partial charge < -0.3 is 4.90 Å². The summed E-state index contributed by atoms with van der Waals surface area (Å²) in [6.45, 7) is 1.62. The number of benzene rings is 1. The summed E-state index contributed by atoms with van der Waals surface area (Å²) in [5, 5.41) is 7.90. The molecule has 2 fully saturated rings. The van der Waals surface area contributed by atoms with E-state index < -0.39 is 15.8 Å². The molecule has 0 unspecified atom stereocenters. The van der Waals surface area contributed by atoms with Gasteiger partial charge in [-0.3, -0.25) is 4.79 Å². The fourth-order valence-electron chi connectivity index (χ4n) is 3.20. The highest BCUT2D eigenvalue weighted by atomic mass is 35.5. The van der Waals surface area contributed by atoms with Crippen LogP contribution in [-0.4, -0.2) is 58.2 Å². The van der Waals surface area contributed by atoms with Crippen LogP contribution in [0.5, 0.6) is 0 Å². The third-order valence-electron chi connectivity index (χ3n) is 4.81. The molecule has 8 nitrogen and oxygen atoms in total. The molecule has 0 bridgehead atoms. The second kappa shape index (κ2) is 6.84. The second-order valence-corrected chi connectivity index (χ2v) is 9.01. The Kier molecular flexibility index (Phi) is 4.65. The standard InChI is InChI=1S/C16H17ClFN5O3S/c17-14-6-13(3-4-15(14)18)27(25,26)22-9-12(10-22)23-8-11(19-20-23)7-21-5-1-2-16(21)24/h3-4,6,8,12H,1-2,5,7,9-10H2. The van der Waals surface area contributed by atoms with Crippen molar-refractivity contribution in [2.75, 3.05) is 19.6 Å². The topological polar surface area (TPSA) is 88.4 Å². The Bertz CT molecular complexity index is 990. The van der Waals surface area contributed by atoms with Crippen molar-refractivity contribution in [3.8, 4) is 0 Å². The monoisotopic (exact) mass is 413 g/mol. The Labute approximate surface area is 160 Å².